The van der Waals surface area contributed by atoms with Crippen molar-refractivity contribution in [3.8, 4) is 0 Å². The smallest absolute Gasteiger partial charge is 0.0715 e. The summed E-state index contributed by atoms with van der Waals surface area (Å²) >= 11 is 0. The zero-order valence-corrected chi connectivity index (χ0v) is 18.3. The Kier molecular flexibility index (Phi) is 4.99. The van der Waals surface area contributed by atoms with Gasteiger partial charge in [-0.05, 0) is 57.3 Å². The van der Waals surface area contributed by atoms with Gasteiger partial charge in [0.2, 0.25) is 0 Å². The lowest BCUT2D eigenvalue weighted by Gasteiger charge is -2.35. The minimum atomic E-state index is -1.63. The van der Waals surface area contributed by atoms with E-state index in [0.29, 0.717) is 11.1 Å². The number of allylic oxidation sites excluding steroid dienone is 4. The summed E-state index contributed by atoms with van der Waals surface area (Å²) in [6, 6.07) is 18.4. The van der Waals surface area contributed by atoms with Gasteiger partial charge in [0.05, 0.1) is 8.07 Å². The molecule has 0 saturated heterocycles. The van der Waals surface area contributed by atoms with Gasteiger partial charge >= 0.3 is 0 Å². The molecular formula is C26H32Si. The van der Waals surface area contributed by atoms with Crippen molar-refractivity contribution >= 4 is 19.2 Å². The molecule has 2 atom stereocenters. The Labute approximate surface area is 166 Å². The van der Waals surface area contributed by atoms with Crippen LogP contribution in [-0.4, -0.2) is 8.07 Å². The summed E-state index contributed by atoms with van der Waals surface area (Å²) in [5, 5.41) is 0. The van der Waals surface area contributed by atoms with E-state index in [4.69, 9.17) is 0 Å². The molecule has 0 aliphatic heterocycles. The summed E-state index contributed by atoms with van der Waals surface area (Å²) < 4.78 is 0. The fraction of sp³-hybridized carbons (Fsp3) is 0.385. The van der Waals surface area contributed by atoms with E-state index in [1.54, 1.807) is 22.3 Å². The average molecular weight is 373 g/mol. The van der Waals surface area contributed by atoms with E-state index in [9.17, 15) is 0 Å². The Balaban J connectivity index is 1.78. The van der Waals surface area contributed by atoms with Gasteiger partial charge in [0, 0.05) is 0 Å². The van der Waals surface area contributed by atoms with Crippen LogP contribution in [0, 0.1) is 0 Å². The molecule has 0 nitrogen and oxygen atoms in total. The Morgan fingerprint density at radius 3 is 1.48 bits per heavy atom. The maximum absolute atomic E-state index is 2.65. The molecule has 0 aromatic heterocycles. The van der Waals surface area contributed by atoms with Crippen molar-refractivity contribution in [1.29, 1.82) is 0 Å². The monoisotopic (exact) mass is 372 g/mol. The maximum atomic E-state index is 2.65. The predicted molar refractivity (Wildman–Crippen MR) is 122 cm³/mol. The van der Waals surface area contributed by atoms with Crippen LogP contribution in [0.25, 0.3) is 11.1 Å². The van der Waals surface area contributed by atoms with Crippen LogP contribution in [-0.2, 0) is 0 Å². The Morgan fingerprint density at radius 2 is 1.07 bits per heavy atom. The second-order valence-electron chi connectivity index (χ2n) is 8.84. The summed E-state index contributed by atoms with van der Waals surface area (Å²) in [6.45, 7) is 9.83. The van der Waals surface area contributed by atoms with Crippen LogP contribution in [0.1, 0.15) is 72.9 Å². The molecule has 1 heteroatoms. The van der Waals surface area contributed by atoms with Gasteiger partial charge in [-0.1, -0.05) is 100 Å². The van der Waals surface area contributed by atoms with Crippen molar-refractivity contribution in [2.45, 2.75) is 63.7 Å². The third-order valence-electron chi connectivity index (χ3n) is 6.66. The van der Waals surface area contributed by atoms with Crippen molar-refractivity contribution < 1.29 is 0 Å². The van der Waals surface area contributed by atoms with Crippen LogP contribution < -0.4 is 0 Å². The second kappa shape index (κ2) is 7.28. The van der Waals surface area contributed by atoms with E-state index in [1.807, 2.05) is 0 Å². The normalized spacial score (nSPS) is 20.9. The van der Waals surface area contributed by atoms with Gasteiger partial charge in [-0.15, -0.1) is 0 Å². The molecule has 140 valence electrons. The Morgan fingerprint density at radius 1 is 0.667 bits per heavy atom. The third kappa shape index (κ3) is 3.06. The van der Waals surface area contributed by atoms with Crippen molar-refractivity contribution in [2.24, 2.45) is 0 Å². The molecule has 0 amide bonds. The maximum Gasteiger partial charge on any atom is 0.0715 e. The van der Waals surface area contributed by atoms with E-state index in [0.717, 1.165) is 0 Å². The SMILES string of the molecule is CCCC1=CC([Si](C)(C)C2C=C(CCC)c3ccccc32)c2ccccc21. The molecule has 2 aliphatic rings. The van der Waals surface area contributed by atoms with E-state index >= 15 is 0 Å². The molecule has 4 rings (SSSR count). The number of hydrogen-bond acceptors (Lipinski definition) is 0. The fourth-order valence-electron chi connectivity index (χ4n) is 5.28. The van der Waals surface area contributed by atoms with Gasteiger partial charge in [-0.2, -0.15) is 0 Å². The van der Waals surface area contributed by atoms with Gasteiger partial charge in [0.1, 0.15) is 0 Å². The first-order valence-corrected chi connectivity index (χ1v) is 13.8. The van der Waals surface area contributed by atoms with Crippen molar-refractivity contribution in [2.75, 3.05) is 0 Å². The highest BCUT2D eigenvalue weighted by molar-refractivity contribution is 6.81. The first kappa shape index (κ1) is 18.5. The Hall–Kier alpha value is -1.86. The molecule has 0 saturated carbocycles. The fourth-order valence-corrected chi connectivity index (χ4v) is 9.04. The van der Waals surface area contributed by atoms with E-state index < -0.39 is 8.07 Å². The molecule has 2 aromatic carbocycles. The topological polar surface area (TPSA) is 0 Å². The first-order valence-electron chi connectivity index (χ1n) is 10.7. The molecular weight excluding hydrogens is 340 g/mol. The number of hydrogen-bond donors (Lipinski definition) is 0. The van der Waals surface area contributed by atoms with Gasteiger partial charge in [-0.25, -0.2) is 0 Å². The largest absolute Gasteiger partial charge is 0.0759 e. The van der Waals surface area contributed by atoms with Crippen LogP contribution in [0.2, 0.25) is 13.1 Å². The van der Waals surface area contributed by atoms with Crippen molar-refractivity contribution in [1.82, 2.24) is 0 Å². The predicted octanol–water partition coefficient (Wildman–Crippen LogP) is 7.74. The summed E-state index contributed by atoms with van der Waals surface area (Å²) in [7, 11) is -1.63. The van der Waals surface area contributed by atoms with E-state index in [-0.39, 0.29) is 0 Å². The molecule has 2 aromatic rings. The quantitative estimate of drug-likeness (QED) is 0.455. The van der Waals surface area contributed by atoms with Crippen LogP contribution >= 0.6 is 0 Å². The van der Waals surface area contributed by atoms with Crippen molar-refractivity contribution in [3.05, 3.63) is 82.9 Å². The highest BCUT2D eigenvalue weighted by Gasteiger charge is 2.44. The first-order chi connectivity index (χ1) is 13.1. The minimum absolute atomic E-state index is 0.616. The molecule has 2 unspecified atom stereocenters. The van der Waals surface area contributed by atoms with E-state index in [2.05, 4.69) is 87.6 Å². The van der Waals surface area contributed by atoms with Gasteiger partial charge in [0.15, 0.2) is 0 Å². The highest BCUT2D eigenvalue weighted by atomic mass is 28.3. The Bertz CT molecular complexity index is 826. The van der Waals surface area contributed by atoms with Crippen LogP contribution in [0.4, 0.5) is 0 Å². The number of rotatable bonds is 6. The molecule has 27 heavy (non-hydrogen) atoms. The van der Waals surface area contributed by atoms with Gasteiger partial charge in [0.25, 0.3) is 0 Å². The van der Waals surface area contributed by atoms with Crippen LogP contribution in [0.15, 0.2) is 60.7 Å². The number of benzene rings is 2. The van der Waals surface area contributed by atoms with Crippen molar-refractivity contribution in [3.63, 3.8) is 0 Å². The minimum Gasteiger partial charge on any atom is -0.0759 e. The molecule has 0 spiro atoms. The molecule has 0 fully saturated rings. The lowest BCUT2D eigenvalue weighted by Crippen LogP contribution is -2.39. The van der Waals surface area contributed by atoms with Gasteiger partial charge in [-0.3, -0.25) is 0 Å². The second-order valence-corrected chi connectivity index (χ2v) is 13.7. The molecule has 0 bridgehead atoms. The lowest BCUT2D eigenvalue weighted by molar-refractivity contribution is 0.973. The summed E-state index contributed by atoms with van der Waals surface area (Å²) in [5.74, 6) is 0. The average Bonchev–Trinajstić information content (AvgIpc) is 3.23. The van der Waals surface area contributed by atoms with Gasteiger partial charge < -0.3 is 0 Å². The lowest BCUT2D eigenvalue weighted by atomic mass is 10.0. The van der Waals surface area contributed by atoms with E-state index in [1.165, 1.54) is 36.8 Å². The number of fused-ring (bicyclic) bond motifs is 2. The summed E-state index contributed by atoms with van der Waals surface area (Å²) in [5.41, 5.74) is 10.6. The molecule has 2 aliphatic carbocycles. The third-order valence-corrected chi connectivity index (χ3v) is 10.8. The summed E-state index contributed by atoms with van der Waals surface area (Å²) in [4.78, 5) is 0. The molecule has 0 heterocycles. The summed E-state index contributed by atoms with van der Waals surface area (Å²) in [6.07, 6.45) is 10.2. The molecule has 0 radical (unpaired) electrons. The standard InChI is InChI=1S/C26H32Si/c1-5-11-19-17-25(23-15-9-7-13-21(19)23)27(3,4)26-18-20(12-6-2)22-14-8-10-16-24(22)26/h7-10,13-18,25-26H,5-6,11-12H2,1-4H3. The zero-order valence-electron chi connectivity index (χ0n) is 17.3. The highest BCUT2D eigenvalue weighted by Crippen LogP contribution is 2.51. The van der Waals surface area contributed by atoms with Crippen LogP contribution in [0.3, 0.4) is 0 Å². The molecule has 0 N–H and O–H groups in total. The van der Waals surface area contributed by atoms with Crippen LogP contribution in [0.5, 0.6) is 0 Å². The zero-order chi connectivity index (χ0) is 19.0.